The Balaban J connectivity index is 1.78. The molecular weight excluding hydrogens is 210 g/mol. The molecule has 4 saturated carbocycles. The Labute approximate surface area is 104 Å². The van der Waals surface area contributed by atoms with Crippen molar-refractivity contribution in [3.63, 3.8) is 0 Å². The van der Waals surface area contributed by atoms with Gasteiger partial charge in [-0.05, 0) is 68.1 Å². The summed E-state index contributed by atoms with van der Waals surface area (Å²) in [5.74, 6) is 2.89. The van der Waals surface area contributed by atoms with Crippen LogP contribution in [-0.4, -0.2) is 7.11 Å². The first kappa shape index (κ1) is 11.1. The first-order chi connectivity index (χ1) is 8.23. The molecule has 17 heavy (non-hydrogen) atoms. The van der Waals surface area contributed by atoms with Crippen molar-refractivity contribution < 1.29 is 4.74 Å². The van der Waals surface area contributed by atoms with Gasteiger partial charge in [0.15, 0.2) is 0 Å². The lowest BCUT2D eigenvalue weighted by molar-refractivity contribution is -0.0518. The zero-order valence-electron chi connectivity index (χ0n) is 10.6. The molecule has 0 spiro atoms. The molecule has 4 aliphatic rings. The second-order valence-corrected chi connectivity index (χ2v) is 6.58. The van der Waals surface area contributed by atoms with Crippen LogP contribution in [0, 0.1) is 34.5 Å². The van der Waals surface area contributed by atoms with Gasteiger partial charge < -0.3 is 4.74 Å². The fourth-order valence-corrected chi connectivity index (χ4v) is 5.16. The van der Waals surface area contributed by atoms with Crippen molar-refractivity contribution in [3.8, 4) is 6.07 Å². The maximum Gasteiger partial charge on any atom is 0.0979 e. The number of nitrogens with zero attached hydrogens (tertiary/aromatic N) is 1. The molecule has 92 valence electrons. The van der Waals surface area contributed by atoms with Crippen molar-refractivity contribution in [2.45, 2.75) is 44.9 Å². The van der Waals surface area contributed by atoms with Gasteiger partial charge in [-0.25, -0.2) is 0 Å². The summed E-state index contributed by atoms with van der Waals surface area (Å²) in [7, 11) is 1.64. The monoisotopic (exact) mass is 231 g/mol. The number of methoxy groups -OCH3 is 1. The van der Waals surface area contributed by atoms with E-state index < -0.39 is 0 Å². The number of hydrogen-bond donors (Lipinski definition) is 0. The Morgan fingerprint density at radius 1 is 1.24 bits per heavy atom. The summed E-state index contributed by atoms with van der Waals surface area (Å²) in [6, 6.07) is 2.31. The van der Waals surface area contributed by atoms with Crippen LogP contribution in [0.4, 0.5) is 0 Å². The summed E-state index contributed by atoms with van der Waals surface area (Å²) < 4.78 is 5.02. The van der Waals surface area contributed by atoms with E-state index in [2.05, 4.69) is 6.07 Å². The van der Waals surface area contributed by atoms with E-state index in [-0.39, 0.29) is 0 Å². The van der Waals surface area contributed by atoms with Crippen molar-refractivity contribution in [2.24, 2.45) is 23.2 Å². The molecule has 0 aromatic carbocycles. The summed E-state index contributed by atoms with van der Waals surface area (Å²) in [6.45, 7) is 0. The molecule has 0 saturated heterocycles. The molecule has 0 atom stereocenters. The fraction of sp³-hybridized carbons (Fsp3) is 0.800. The Hall–Kier alpha value is -0.970. The molecule has 0 aliphatic heterocycles. The van der Waals surface area contributed by atoms with Gasteiger partial charge in [-0.3, -0.25) is 0 Å². The lowest BCUT2D eigenvalue weighted by atomic mass is 9.48. The van der Waals surface area contributed by atoms with E-state index in [0.717, 1.165) is 29.7 Å². The SMILES string of the molecule is CO/C=C(\C#N)CC12CC3CC(CC(C3)C1)C2. The molecule has 0 radical (unpaired) electrons. The Bertz CT molecular complexity index is 342. The van der Waals surface area contributed by atoms with Crippen LogP contribution in [0.25, 0.3) is 0 Å². The molecule has 0 heterocycles. The molecule has 4 fully saturated rings. The average molecular weight is 231 g/mol. The standard InChI is InChI=1S/C15H21NO/c1-17-10-14(9-16)8-15-5-11-2-12(6-15)4-13(3-11)7-15/h10-13H,2-8H2,1H3/b14-10-. The highest BCUT2D eigenvalue weighted by atomic mass is 16.5. The topological polar surface area (TPSA) is 33.0 Å². The largest absolute Gasteiger partial charge is 0.503 e. The molecule has 0 aromatic heterocycles. The van der Waals surface area contributed by atoms with Gasteiger partial charge in [0.1, 0.15) is 0 Å². The van der Waals surface area contributed by atoms with Gasteiger partial charge in [-0.15, -0.1) is 0 Å². The summed E-state index contributed by atoms with van der Waals surface area (Å²) in [6.07, 6.45) is 11.1. The van der Waals surface area contributed by atoms with E-state index in [9.17, 15) is 0 Å². The van der Waals surface area contributed by atoms with Crippen molar-refractivity contribution >= 4 is 0 Å². The first-order valence-electron chi connectivity index (χ1n) is 6.85. The maximum absolute atomic E-state index is 9.16. The van der Waals surface area contributed by atoms with Crippen molar-refractivity contribution in [1.29, 1.82) is 5.26 Å². The van der Waals surface area contributed by atoms with Gasteiger partial charge in [0.2, 0.25) is 0 Å². The van der Waals surface area contributed by atoms with Gasteiger partial charge in [0.05, 0.1) is 25.0 Å². The van der Waals surface area contributed by atoms with Crippen LogP contribution in [-0.2, 0) is 4.74 Å². The predicted molar refractivity (Wildman–Crippen MR) is 65.9 cm³/mol. The average Bonchev–Trinajstić information content (AvgIpc) is 2.26. The molecule has 0 amide bonds. The summed E-state index contributed by atoms with van der Waals surface area (Å²) >= 11 is 0. The highest BCUT2D eigenvalue weighted by Crippen LogP contribution is 2.61. The molecule has 2 nitrogen and oxygen atoms in total. The Morgan fingerprint density at radius 3 is 2.18 bits per heavy atom. The fourth-order valence-electron chi connectivity index (χ4n) is 5.16. The smallest absolute Gasteiger partial charge is 0.0979 e. The highest BCUT2D eigenvalue weighted by Gasteiger charge is 2.50. The van der Waals surface area contributed by atoms with Crippen LogP contribution >= 0.6 is 0 Å². The lowest BCUT2D eigenvalue weighted by Gasteiger charge is -2.57. The van der Waals surface area contributed by atoms with Gasteiger partial charge in [-0.2, -0.15) is 5.26 Å². The third-order valence-corrected chi connectivity index (χ3v) is 5.13. The number of rotatable bonds is 3. The molecule has 4 aliphatic carbocycles. The molecule has 0 aromatic rings. The summed E-state index contributed by atoms with van der Waals surface area (Å²) in [5, 5.41) is 9.16. The minimum Gasteiger partial charge on any atom is -0.503 e. The second kappa shape index (κ2) is 4.05. The zero-order valence-corrected chi connectivity index (χ0v) is 10.6. The first-order valence-corrected chi connectivity index (χ1v) is 6.85. The Morgan fingerprint density at radius 2 is 1.76 bits per heavy atom. The summed E-state index contributed by atoms with van der Waals surface area (Å²) in [5.41, 5.74) is 1.30. The quantitative estimate of drug-likeness (QED) is 0.548. The van der Waals surface area contributed by atoms with Crippen LogP contribution in [0.15, 0.2) is 11.8 Å². The zero-order chi connectivity index (χ0) is 11.9. The second-order valence-electron chi connectivity index (χ2n) is 6.58. The minimum absolute atomic E-state index is 0.453. The van der Waals surface area contributed by atoms with Gasteiger partial charge in [0.25, 0.3) is 0 Å². The number of ether oxygens (including phenoxy) is 1. The molecule has 4 bridgehead atoms. The maximum atomic E-state index is 9.16. The van der Waals surface area contributed by atoms with Crippen molar-refractivity contribution in [2.75, 3.05) is 7.11 Å². The molecule has 0 N–H and O–H groups in total. The van der Waals surface area contributed by atoms with Crippen LogP contribution in [0.3, 0.4) is 0 Å². The van der Waals surface area contributed by atoms with E-state index in [4.69, 9.17) is 10.00 Å². The van der Waals surface area contributed by atoms with E-state index in [0.29, 0.717) is 5.41 Å². The van der Waals surface area contributed by atoms with Gasteiger partial charge in [0, 0.05) is 0 Å². The number of hydrogen-bond acceptors (Lipinski definition) is 2. The van der Waals surface area contributed by atoms with E-state index in [1.165, 1.54) is 38.5 Å². The highest BCUT2D eigenvalue weighted by molar-refractivity contribution is 5.22. The third kappa shape index (κ3) is 1.97. The van der Waals surface area contributed by atoms with Crippen molar-refractivity contribution in [3.05, 3.63) is 11.8 Å². The van der Waals surface area contributed by atoms with Crippen LogP contribution in [0.5, 0.6) is 0 Å². The van der Waals surface area contributed by atoms with Crippen LogP contribution in [0.1, 0.15) is 44.9 Å². The normalized spacial score (nSPS) is 43.5. The van der Waals surface area contributed by atoms with E-state index in [1.807, 2.05) is 0 Å². The van der Waals surface area contributed by atoms with Crippen LogP contribution < -0.4 is 0 Å². The predicted octanol–water partition coefficient (Wildman–Crippen LogP) is 3.65. The summed E-state index contributed by atoms with van der Waals surface area (Å²) in [4.78, 5) is 0. The van der Waals surface area contributed by atoms with E-state index >= 15 is 0 Å². The number of allylic oxidation sites excluding steroid dienone is 1. The molecule has 2 heteroatoms. The minimum atomic E-state index is 0.453. The van der Waals surface area contributed by atoms with Gasteiger partial charge in [-0.1, -0.05) is 0 Å². The lowest BCUT2D eigenvalue weighted by Crippen LogP contribution is -2.46. The Kier molecular flexibility index (Phi) is 2.65. The molecular formula is C15H21NO. The van der Waals surface area contributed by atoms with Crippen molar-refractivity contribution in [1.82, 2.24) is 0 Å². The number of nitriles is 1. The van der Waals surface area contributed by atoms with E-state index in [1.54, 1.807) is 13.4 Å². The third-order valence-electron chi connectivity index (χ3n) is 5.13. The van der Waals surface area contributed by atoms with Crippen LogP contribution in [0.2, 0.25) is 0 Å². The van der Waals surface area contributed by atoms with Gasteiger partial charge >= 0.3 is 0 Å². The molecule has 0 unspecified atom stereocenters. The molecule has 4 rings (SSSR count).